The van der Waals surface area contributed by atoms with Crippen LogP contribution in [0.2, 0.25) is 5.02 Å². The molecule has 0 radical (unpaired) electrons. The minimum absolute atomic E-state index is 0.280. The largest absolute Gasteiger partial charge is 0.387 e. The summed E-state index contributed by atoms with van der Waals surface area (Å²) in [6, 6.07) is 7.93. The van der Waals surface area contributed by atoms with Gasteiger partial charge in [0.25, 0.3) is 0 Å². The van der Waals surface area contributed by atoms with Gasteiger partial charge in [-0.25, -0.2) is 0 Å². The van der Waals surface area contributed by atoms with Crippen LogP contribution in [0.3, 0.4) is 0 Å². The Bertz CT molecular complexity index is 801. The van der Waals surface area contributed by atoms with Crippen molar-refractivity contribution in [1.29, 1.82) is 0 Å². The number of aryl methyl sites for hydroxylation is 1. The first kappa shape index (κ1) is 19.7. The fourth-order valence-electron chi connectivity index (χ4n) is 3.31. The van der Waals surface area contributed by atoms with Crippen LogP contribution in [0, 0.1) is 0 Å². The molecule has 1 aromatic heterocycles. The van der Waals surface area contributed by atoms with Gasteiger partial charge < -0.3 is 15.7 Å². The number of guanidine groups is 1. The summed E-state index contributed by atoms with van der Waals surface area (Å²) in [5.74, 6) is 0.688. The molecule has 3 N–H and O–H groups in total. The van der Waals surface area contributed by atoms with E-state index in [9.17, 15) is 5.11 Å². The lowest BCUT2D eigenvalue weighted by atomic mass is 9.94. The first-order valence-corrected chi connectivity index (χ1v) is 9.81. The van der Waals surface area contributed by atoms with E-state index in [4.69, 9.17) is 16.7 Å². The van der Waals surface area contributed by atoms with Crippen molar-refractivity contribution in [3.63, 3.8) is 0 Å². The topological polar surface area (TPSA) is 74.5 Å². The number of hydrogen-bond donors (Lipinski definition) is 3. The monoisotopic (exact) mass is 389 g/mol. The van der Waals surface area contributed by atoms with Crippen LogP contribution >= 0.6 is 11.6 Å². The number of aliphatic hydroxyl groups is 1. The zero-order valence-electron chi connectivity index (χ0n) is 16.1. The molecule has 1 aliphatic rings. The number of nitrogens with one attached hydrogen (secondary N) is 2. The molecule has 0 saturated heterocycles. The van der Waals surface area contributed by atoms with Crippen LogP contribution in [-0.2, 0) is 12.8 Å². The third-order valence-corrected chi connectivity index (χ3v) is 5.12. The molecule has 2 atom stereocenters. The normalized spacial score (nSPS) is 18.3. The van der Waals surface area contributed by atoms with Gasteiger partial charge in [-0.1, -0.05) is 23.7 Å². The van der Waals surface area contributed by atoms with E-state index >= 15 is 0 Å². The van der Waals surface area contributed by atoms with E-state index in [1.54, 1.807) is 19.2 Å². The highest BCUT2D eigenvalue weighted by Crippen LogP contribution is 2.22. The summed E-state index contributed by atoms with van der Waals surface area (Å²) in [7, 11) is 1.74. The molecule has 0 spiro atoms. The molecule has 0 fully saturated rings. The van der Waals surface area contributed by atoms with Crippen molar-refractivity contribution in [3.05, 3.63) is 52.3 Å². The van der Waals surface area contributed by atoms with E-state index in [-0.39, 0.29) is 6.04 Å². The summed E-state index contributed by atoms with van der Waals surface area (Å²) in [6.07, 6.45) is 4.45. The smallest absolute Gasteiger partial charge is 0.191 e. The highest BCUT2D eigenvalue weighted by atomic mass is 35.5. The SMILES string of the molecule is CN=C(NCC(O)c1cccc(Cl)c1)NC1CCc2cn(C(C)C)nc2C1. The maximum atomic E-state index is 10.4. The van der Waals surface area contributed by atoms with Crippen molar-refractivity contribution in [1.82, 2.24) is 20.4 Å². The van der Waals surface area contributed by atoms with E-state index < -0.39 is 6.10 Å². The number of hydrogen-bond acceptors (Lipinski definition) is 3. The van der Waals surface area contributed by atoms with Gasteiger partial charge in [0, 0.05) is 43.3 Å². The Morgan fingerprint density at radius 1 is 1.44 bits per heavy atom. The summed E-state index contributed by atoms with van der Waals surface area (Å²) >= 11 is 5.99. The van der Waals surface area contributed by atoms with Gasteiger partial charge in [0.1, 0.15) is 0 Å². The quantitative estimate of drug-likeness (QED) is 0.543. The Balaban J connectivity index is 1.54. The molecule has 27 heavy (non-hydrogen) atoms. The number of aromatic nitrogens is 2. The number of nitrogens with zero attached hydrogens (tertiary/aromatic N) is 3. The average Bonchev–Trinajstić information content (AvgIpc) is 3.08. The summed E-state index contributed by atoms with van der Waals surface area (Å²) in [6.45, 7) is 4.65. The fourth-order valence-corrected chi connectivity index (χ4v) is 3.51. The fraction of sp³-hybridized carbons (Fsp3) is 0.500. The highest BCUT2D eigenvalue weighted by molar-refractivity contribution is 6.30. The number of halogens is 1. The van der Waals surface area contributed by atoms with Crippen molar-refractivity contribution >= 4 is 17.6 Å². The third kappa shape index (κ3) is 5.02. The van der Waals surface area contributed by atoms with Crippen LogP contribution in [0.25, 0.3) is 0 Å². The van der Waals surface area contributed by atoms with Crippen molar-refractivity contribution in [2.24, 2.45) is 4.99 Å². The highest BCUT2D eigenvalue weighted by Gasteiger charge is 2.23. The molecule has 2 aromatic rings. The minimum atomic E-state index is -0.651. The lowest BCUT2D eigenvalue weighted by Crippen LogP contribution is -2.46. The van der Waals surface area contributed by atoms with E-state index in [1.807, 2.05) is 16.8 Å². The summed E-state index contributed by atoms with van der Waals surface area (Å²) in [5.41, 5.74) is 3.30. The van der Waals surface area contributed by atoms with E-state index in [2.05, 4.69) is 35.7 Å². The van der Waals surface area contributed by atoms with Crippen LogP contribution in [0.1, 0.15) is 49.2 Å². The van der Waals surface area contributed by atoms with Crippen molar-refractivity contribution < 1.29 is 5.11 Å². The van der Waals surface area contributed by atoms with Gasteiger partial charge in [-0.15, -0.1) is 0 Å². The second kappa shape index (κ2) is 8.76. The molecule has 6 nitrogen and oxygen atoms in total. The summed E-state index contributed by atoms with van der Waals surface area (Å²) in [4.78, 5) is 4.29. The van der Waals surface area contributed by atoms with E-state index in [1.165, 1.54) is 11.3 Å². The van der Waals surface area contributed by atoms with Gasteiger partial charge in [0.2, 0.25) is 0 Å². The number of aliphatic imine (C=N–C) groups is 1. The number of fused-ring (bicyclic) bond motifs is 1. The van der Waals surface area contributed by atoms with Crippen LogP contribution in [0.15, 0.2) is 35.5 Å². The average molecular weight is 390 g/mol. The van der Waals surface area contributed by atoms with Gasteiger partial charge in [-0.2, -0.15) is 5.10 Å². The maximum absolute atomic E-state index is 10.4. The van der Waals surface area contributed by atoms with Gasteiger partial charge in [0.15, 0.2) is 5.96 Å². The Morgan fingerprint density at radius 2 is 2.26 bits per heavy atom. The molecule has 1 aliphatic carbocycles. The lowest BCUT2D eigenvalue weighted by molar-refractivity contribution is 0.180. The van der Waals surface area contributed by atoms with Gasteiger partial charge >= 0.3 is 0 Å². The molecule has 0 aliphatic heterocycles. The molecule has 1 heterocycles. The van der Waals surface area contributed by atoms with E-state index in [0.717, 1.165) is 24.8 Å². The van der Waals surface area contributed by atoms with Crippen LogP contribution in [0.5, 0.6) is 0 Å². The second-order valence-corrected chi connectivity index (χ2v) is 7.72. The Hall–Kier alpha value is -2.05. The molecule has 3 rings (SSSR count). The summed E-state index contributed by atoms with van der Waals surface area (Å²) < 4.78 is 2.04. The van der Waals surface area contributed by atoms with Gasteiger partial charge in [-0.3, -0.25) is 9.67 Å². The van der Waals surface area contributed by atoms with Crippen molar-refractivity contribution in [3.8, 4) is 0 Å². The Morgan fingerprint density at radius 3 is 2.96 bits per heavy atom. The molecule has 146 valence electrons. The van der Waals surface area contributed by atoms with Crippen LogP contribution < -0.4 is 10.6 Å². The number of aliphatic hydroxyl groups excluding tert-OH is 1. The molecule has 7 heteroatoms. The predicted molar refractivity (Wildman–Crippen MR) is 109 cm³/mol. The van der Waals surface area contributed by atoms with Crippen molar-refractivity contribution in [2.75, 3.05) is 13.6 Å². The number of benzene rings is 1. The molecule has 0 amide bonds. The van der Waals surface area contributed by atoms with Crippen molar-refractivity contribution in [2.45, 2.75) is 51.3 Å². The predicted octanol–water partition coefficient (Wildman–Crippen LogP) is 2.87. The molecule has 0 saturated carbocycles. The Kier molecular flexibility index (Phi) is 6.39. The van der Waals surface area contributed by atoms with Crippen LogP contribution in [0.4, 0.5) is 0 Å². The van der Waals surface area contributed by atoms with E-state index in [0.29, 0.717) is 23.6 Å². The lowest BCUT2D eigenvalue weighted by Gasteiger charge is -2.25. The minimum Gasteiger partial charge on any atom is -0.387 e. The molecular weight excluding hydrogens is 362 g/mol. The second-order valence-electron chi connectivity index (χ2n) is 7.28. The zero-order valence-corrected chi connectivity index (χ0v) is 16.9. The molecular formula is C20H28ClN5O. The Labute approximate surface area is 165 Å². The molecule has 1 aromatic carbocycles. The van der Waals surface area contributed by atoms with Gasteiger partial charge in [0.05, 0.1) is 11.8 Å². The first-order chi connectivity index (χ1) is 13.0. The zero-order chi connectivity index (χ0) is 19.4. The standard InChI is InChI=1S/C20H28ClN5O/c1-13(2)26-12-15-7-8-17(10-18(15)25-26)24-20(22-3)23-11-19(27)14-5-4-6-16(21)9-14/h4-6,9,12-13,17,19,27H,7-8,10-11H2,1-3H3,(H2,22,23,24). The molecule has 0 bridgehead atoms. The van der Waals surface area contributed by atoms with Gasteiger partial charge in [-0.05, 0) is 49.9 Å². The molecule has 2 unspecified atom stereocenters. The first-order valence-electron chi connectivity index (χ1n) is 9.44. The summed E-state index contributed by atoms with van der Waals surface area (Å²) in [5, 5.41) is 22.4. The maximum Gasteiger partial charge on any atom is 0.191 e. The third-order valence-electron chi connectivity index (χ3n) is 4.89. The number of rotatable bonds is 5. The van der Waals surface area contributed by atoms with Crippen LogP contribution in [-0.4, -0.2) is 40.5 Å².